The Labute approximate surface area is 114 Å². The molecule has 1 aliphatic rings. The van der Waals surface area contributed by atoms with Gasteiger partial charge in [-0.25, -0.2) is 17.6 Å². The molecule has 1 aliphatic carbocycles. The van der Waals surface area contributed by atoms with Crippen LogP contribution in [0.2, 0.25) is 0 Å². The van der Waals surface area contributed by atoms with E-state index in [1.165, 1.54) is 0 Å². The molecule has 1 saturated carbocycles. The van der Waals surface area contributed by atoms with Crippen LogP contribution in [0.15, 0.2) is 4.47 Å². The summed E-state index contributed by atoms with van der Waals surface area (Å²) in [7, 11) is 1.05. The van der Waals surface area contributed by atoms with Crippen molar-refractivity contribution in [3.8, 4) is 0 Å². The molecule has 1 aromatic rings. The second kappa shape index (κ2) is 5.11. The molecule has 0 saturated heterocycles. The van der Waals surface area contributed by atoms with Crippen LogP contribution in [0.25, 0.3) is 0 Å². The van der Waals surface area contributed by atoms with Gasteiger partial charge in [0, 0.05) is 5.56 Å². The third-order valence-electron chi connectivity index (χ3n) is 3.10. The maximum Gasteiger partial charge on any atom is 0.313 e. The molecule has 0 bridgehead atoms. The van der Waals surface area contributed by atoms with Crippen LogP contribution in [0, 0.1) is 29.2 Å². The lowest BCUT2D eigenvalue weighted by molar-refractivity contribution is -0.143. The Hall–Kier alpha value is -1.11. The predicted molar refractivity (Wildman–Crippen MR) is 61.5 cm³/mol. The highest BCUT2D eigenvalue weighted by molar-refractivity contribution is 9.10. The average molecular weight is 341 g/mol. The van der Waals surface area contributed by atoms with Crippen molar-refractivity contribution >= 4 is 21.9 Å². The Kier molecular flexibility index (Phi) is 3.85. The van der Waals surface area contributed by atoms with E-state index in [-0.39, 0.29) is 5.92 Å². The first kappa shape index (κ1) is 14.3. The molecule has 0 radical (unpaired) electrons. The quantitative estimate of drug-likeness (QED) is 0.363. The van der Waals surface area contributed by atoms with Gasteiger partial charge in [0.2, 0.25) is 0 Å². The minimum atomic E-state index is -1.56. The zero-order valence-electron chi connectivity index (χ0n) is 9.78. The number of carbonyl (C=O) groups is 1. The average Bonchev–Trinajstić information content (AvgIpc) is 3.22. The molecular formula is C12H9BrF4O2. The van der Waals surface area contributed by atoms with Gasteiger partial charge in [0.25, 0.3) is 0 Å². The van der Waals surface area contributed by atoms with E-state index in [9.17, 15) is 22.4 Å². The van der Waals surface area contributed by atoms with Crippen LogP contribution in [0.5, 0.6) is 0 Å². The summed E-state index contributed by atoms with van der Waals surface area (Å²) in [6.07, 6.45) is 1.11. The minimum absolute atomic E-state index is 0.351. The van der Waals surface area contributed by atoms with Crippen molar-refractivity contribution in [2.24, 2.45) is 5.92 Å². The third kappa shape index (κ3) is 2.35. The number of halogens is 5. The molecular weight excluding hydrogens is 332 g/mol. The lowest BCUT2D eigenvalue weighted by Crippen LogP contribution is -2.21. The number of carbonyl (C=O) groups excluding carboxylic acids is 1. The smallest absolute Gasteiger partial charge is 0.313 e. The highest BCUT2D eigenvalue weighted by Crippen LogP contribution is 2.46. The van der Waals surface area contributed by atoms with E-state index in [4.69, 9.17) is 0 Å². The first-order valence-electron chi connectivity index (χ1n) is 5.49. The highest BCUT2D eigenvalue weighted by Gasteiger charge is 2.43. The molecule has 0 aromatic heterocycles. The van der Waals surface area contributed by atoms with Gasteiger partial charge in [-0.3, -0.25) is 4.79 Å². The molecule has 104 valence electrons. The largest absolute Gasteiger partial charge is 0.469 e. The molecule has 19 heavy (non-hydrogen) atoms. The number of hydrogen-bond acceptors (Lipinski definition) is 2. The fraction of sp³-hybridized carbons (Fsp3) is 0.417. The van der Waals surface area contributed by atoms with Crippen molar-refractivity contribution in [3.63, 3.8) is 0 Å². The van der Waals surface area contributed by atoms with Crippen LogP contribution in [-0.2, 0) is 9.53 Å². The van der Waals surface area contributed by atoms with Crippen LogP contribution in [-0.4, -0.2) is 13.1 Å². The summed E-state index contributed by atoms with van der Waals surface area (Å²) in [5.74, 6) is -8.80. The van der Waals surface area contributed by atoms with Crippen molar-refractivity contribution in [2.75, 3.05) is 7.11 Å². The normalized spacial score (nSPS) is 16.3. The van der Waals surface area contributed by atoms with Gasteiger partial charge in [0.1, 0.15) is 0 Å². The van der Waals surface area contributed by atoms with E-state index < -0.39 is 45.2 Å². The van der Waals surface area contributed by atoms with Crippen LogP contribution in [0.3, 0.4) is 0 Å². The standard InChI is InChI=1S/C12H9BrF4O2/c1-19-12(18)5(4-2-3-4)6-8(14)10(16)7(13)11(17)9(6)15/h4-5H,2-3H2,1H3. The molecule has 0 heterocycles. The number of esters is 1. The van der Waals surface area contributed by atoms with Crippen molar-refractivity contribution in [1.82, 2.24) is 0 Å². The zero-order valence-corrected chi connectivity index (χ0v) is 11.4. The molecule has 1 unspecified atom stereocenters. The summed E-state index contributed by atoms with van der Waals surface area (Å²) in [5.41, 5.74) is -0.896. The number of ether oxygens (including phenoxy) is 1. The molecule has 0 amide bonds. The van der Waals surface area contributed by atoms with Gasteiger partial charge in [0.05, 0.1) is 17.5 Å². The molecule has 1 aromatic carbocycles. The minimum Gasteiger partial charge on any atom is -0.469 e. The summed E-state index contributed by atoms with van der Waals surface area (Å²) in [6, 6.07) is 0. The van der Waals surface area contributed by atoms with E-state index in [0.29, 0.717) is 12.8 Å². The first-order valence-corrected chi connectivity index (χ1v) is 6.28. The van der Waals surface area contributed by atoms with Crippen LogP contribution in [0.1, 0.15) is 24.3 Å². The van der Waals surface area contributed by atoms with Crippen LogP contribution in [0.4, 0.5) is 17.6 Å². The second-order valence-corrected chi connectivity index (χ2v) is 5.11. The lowest BCUT2D eigenvalue weighted by Gasteiger charge is -2.17. The SMILES string of the molecule is COC(=O)C(c1c(F)c(F)c(Br)c(F)c1F)C1CC1. The van der Waals surface area contributed by atoms with E-state index in [1.54, 1.807) is 0 Å². The fourth-order valence-electron chi connectivity index (χ4n) is 2.00. The number of benzene rings is 1. The van der Waals surface area contributed by atoms with Gasteiger partial charge < -0.3 is 4.74 Å². The van der Waals surface area contributed by atoms with Gasteiger partial charge in [-0.15, -0.1) is 0 Å². The van der Waals surface area contributed by atoms with E-state index in [0.717, 1.165) is 7.11 Å². The Bertz CT molecular complexity index is 514. The van der Waals surface area contributed by atoms with Gasteiger partial charge in [-0.05, 0) is 34.7 Å². The van der Waals surface area contributed by atoms with Gasteiger partial charge >= 0.3 is 5.97 Å². The molecule has 7 heteroatoms. The van der Waals surface area contributed by atoms with Crippen molar-refractivity contribution in [1.29, 1.82) is 0 Å². The third-order valence-corrected chi connectivity index (χ3v) is 3.80. The van der Waals surface area contributed by atoms with Gasteiger partial charge in [0.15, 0.2) is 23.3 Å². The summed E-state index contributed by atoms with van der Waals surface area (Å²) >= 11 is 2.42. The zero-order chi connectivity index (χ0) is 14.3. The number of hydrogen-bond donors (Lipinski definition) is 0. The van der Waals surface area contributed by atoms with Crippen LogP contribution >= 0.6 is 15.9 Å². The van der Waals surface area contributed by atoms with Crippen molar-refractivity contribution in [3.05, 3.63) is 33.3 Å². The van der Waals surface area contributed by atoms with E-state index >= 15 is 0 Å². The van der Waals surface area contributed by atoms with E-state index in [2.05, 4.69) is 20.7 Å². The molecule has 1 fully saturated rings. The Morgan fingerprint density at radius 1 is 1.16 bits per heavy atom. The Balaban J connectivity index is 2.63. The summed E-state index contributed by atoms with van der Waals surface area (Å²) < 4.78 is 58.1. The lowest BCUT2D eigenvalue weighted by atomic mass is 9.93. The van der Waals surface area contributed by atoms with Crippen molar-refractivity contribution < 1.29 is 27.1 Å². The van der Waals surface area contributed by atoms with Gasteiger partial charge in [-0.2, -0.15) is 0 Å². The highest BCUT2D eigenvalue weighted by atomic mass is 79.9. The Morgan fingerprint density at radius 3 is 2.00 bits per heavy atom. The maximum atomic E-state index is 13.8. The first-order chi connectivity index (χ1) is 8.90. The molecule has 0 aliphatic heterocycles. The molecule has 0 N–H and O–H groups in total. The monoisotopic (exact) mass is 340 g/mol. The second-order valence-electron chi connectivity index (χ2n) is 4.32. The van der Waals surface area contributed by atoms with Crippen LogP contribution < -0.4 is 0 Å². The molecule has 1 atom stereocenters. The molecule has 0 spiro atoms. The van der Waals surface area contributed by atoms with Crippen molar-refractivity contribution in [2.45, 2.75) is 18.8 Å². The fourth-order valence-corrected chi connectivity index (χ4v) is 2.35. The summed E-state index contributed by atoms with van der Waals surface area (Å²) in [4.78, 5) is 11.6. The number of rotatable bonds is 3. The van der Waals surface area contributed by atoms with E-state index in [1.807, 2.05) is 0 Å². The molecule has 2 nitrogen and oxygen atoms in total. The molecule has 2 rings (SSSR count). The van der Waals surface area contributed by atoms with Gasteiger partial charge in [-0.1, -0.05) is 0 Å². The number of methoxy groups -OCH3 is 1. The summed E-state index contributed by atoms with van der Waals surface area (Å²) in [5, 5.41) is 0. The topological polar surface area (TPSA) is 26.3 Å². The Morgan fingerprint density at radius 2 is 1.63 bits per heavy atom. The maximum absolute atomic E-state index is 13.8. The predicted octanol–water partition coefficient (Wildman–Crippen LogP) is 3.67. The summed E-state index contributed by atoms with van der Waals surface area (Å²) in [6.45, 7) is 0.